The first-order valence-corrected chi connectivity index (χ1v) is 6.32. The lowest BCUT2D eigenvalue weighted by molar-refractivity contribution is -0.384. The first kappa shape index (κ1) is 14.2. The van der Waals surface area contributed by atoms with Gasteiger partial charge in [0, 0.05) is 5.54 Å². The van der Waals surface area contributed by atoms with E-state index in [-0.39, 0.29) is 11.2 Å². The standard InChI is InChI=1S/C13H15FN2O4/c1-13(4-2-3-5-13)15-10-6-8(12(17)18)9(14)7-11(10)16(19)20/h6-7,15H,2-5H2,1H3,(H,17,18). The molecule has 0 saturated heterocycles. The minimum Gasteiger partial charge on any atom is -0.478 e. The van der Waals surface area contributed by atoms with E-state index in [0.717, 1.165) is 31.7 Å². The predicted molar refractivity (Wildman–Crippen MR) is 70.5 cm³/mol. The van der Waals surface area contributed by atoms with E-state index in [2.05, 4.69) is 5.32 Å². The largest absolute Gasteiger partial charge is 0.478 e. The van der Waals surface area contributed by atoms with E-state index >= 15 is 0 Å². The van der Waals surface area contributed by atoms with E-state index in [1.165, 1.54) is 0 Å². The lowest BCUT2D eigenvalue weighted by Crippen LogP contribution is -2.31. The zero-order valence-electron chi connectivity index (χ0n) is 11.0. The second kappa shape index (κ2) is 5.07. The highest BCUT2D eigenvalue weighted by Gasteiger charge is 2.31. The van der Waals surface area contributed by atoms with Gasteiger partial charge in [0.15, 0.2) is 0 Å². The van der Waals surface area contributed by atoms with Crippen molar-refractivity contribution in [3.63, 3.8) is 0 Å². The zero-order chi connectivity index (χ0) is 14.9. The monoisotopic (exact) mass is 282 g/mol. The van der Waals surface area contributed by atoms with Gasteiger partial charge in [-0.25, -0.2) is 9.18 Å². The molecule has 6 nitrogen and oxygen atoms in total. The van der Waals surface area contributed by atoms with Crippen LogP contribution in [0.2, 0.25) is 0 Å². The highest BCUT2D eigenvalue weighted by atomic mass is 19.1. The number of nitrogens with one attached hydrogen (secondary N) is 1. The van der Waals surface area contributed by atoms with Crippen molar-refractivity contribution >= 4 is 17.3 Å². The van der Waals surface area contributed by atoms with E-state index in [1.807, 2.05) is 6.92 Å². The fourth-order valence-electron chi connectivity index (χ4n) is 2.58. The molecule has 2 rings (SSSR count). The van der Waals surface area contributed by atoms with Crippen LogP contribution in [0.4, 0.5) is 15.8 Å². The number of carboxylic acid groups (broad SMARTS) is 1. The average molecular weight is 282 g/mol. The number of anilines is 1. The van der Waals surface area contributed by atoms with Crippen molar-refractivity contribution in [1.29, 1.82) is 0 Å². The van der Waals surface area contributed by atoms with E-state index in [4.69, 9.17) is 5.11 Å². The molecule has 1 aliphatic carbocycles. The van der Waals surface area contributed by atoms with Gasteiger partial charge in [-0.15, -0.1) is 0 Å². The third-order valence-corrected chi connectivity index (χ3v) is 3.66. The highest BCUT2D eigenvalue weighted by molar-refractivity contribution is 5.90. The molecule has 1 saturated carbocycles. The number of aromatic carboxylic acids is 1. The summed E-state index contributed by atoms with van der Waals surface area (Å²) in [5.41, 5.74) is -1.28. The van der Waals surface area contributed by atoms with Gasteiger partial charge in [-0.3, -0.25) is 10.1 Å². The lowest BCUT2D eigenvalue weighted by Gasteiger charge is -2.26. The van der Waals surface area contributed by atoms with Gasteiger partial charge >= 0.3 is 5.97 Å². The summed E-state index contributed by atoms with van der Waals surface area (Å²) in [4.78, 5) is 21.2. The maximum absolute atomic E-state index is 13.5. The minimum absolute atomic E-state index is 0.0539. The van der Waals surface area contributed by atoms with Gasteiger partial charge in [0.25, 0.3) is 5.69 Å². The molecule has 1 aromatic rings. The molecule has 1 fully saturated rings. The van der Waals surface area contributed by atoms with Gasteiger partial charge in [-0.05, 0) is 25.8 Å². The first-order chi connectivity index (χ1) is 9.32. The lowest BCUT2D eigenvalue weighted by atomic mass is 9.99. The van der Waals surface area contributed by atoms with Crippen LogP contribution in [0.25, 0.3) is 0 Å². The van der Waals surface area contributed by atoms with Crippen LogP contribution < -0.4 is 5.32 Å². The number of nitrogens with zero attached hydrogens (tertiary/aromatic N) is 1. The van der Waals surface area contributed by atoms with E-state index in [9.17, 15) is 19.3 Å². The fraction of sp³-hybridized carbons (Fsp3) is 0.462. The van der Waals surface area contributed by atoms with Crippen LogP contribution in [-0.4, -0.2) is 21.5 Å². The minimum atomic E-state index is -1.45. The van der Waals surface area contributed by atoms with Crippen molar-refractivity contribution in [2.75, 3.05) is 5.32 Å². The van der Waals surface area contributed by atoms with Crippen molar-refractivity contribution in [1.82, 2.24) is 0 Å². The highest BCUT2D eigenvalue weighted by Crippen LogP contribution is 2.36. The summed E-state index contributed by atoms with van der Waals surface area (Å²) in [5, 5.41) is 22.9. The molecule has 1 aromatic carbocycles. The smallest absolute Gasteiger partial charge is 0.338 e. The van der Waals surface area contributed by atoms with Gasteiger partial charge in [0.05, 0.1) is 16.6 Å². The number of nitro groups is 1. The number of benzene rings is 1. The zero-order valence-corrected chi connectivity index (χ0v) is 11.0. The van der Waals surface area contributed by atoms with Crippen LogP contribution in [0, 0.1) is 15.9 Å². The molecule has 0 aromatic heterocycles. The predicted octanol–water partition coefficient (Wildman–Crippen LogP) is 3.18. The maximum atomic E-state index is 13.5. The van der Waals surface area contributed by atoms with Crippen molar-refractivity contribution in [3.05, 3.63) is 33.6 Å². The summed E-state index contributed by atoms with van der Waals surface area (Å²) < 4.78 is 13.5. The van der Waals surface area contributed by atoms with Crippen LogP contribution in [0.3, 0.4) is 0 Å². The molecule has 1 aliphatic rings. The Morgan fingerprint density at radius 1 is 1.45 bits per heavy atom. The molecule has 108 valence electrons. The second-order valence-corrected chi connectivity index (χ2v) is 5.30. The second-order valence-electron chi connectivity index (χ2n) is 5.30. The van der Waals surface area contributed by atoms with Gasteiger partial charge in [-0.1, -0.05) is 12.8 Å². The van der Waals surface area contributed by atoms with Gasteiger partial charge in [0.1, 0.15) is 11.5 Å². The molecule has 7 heteroatoms. The molecule has 0 radical (unpaired) electrons. The SMILES string of the molecule is CC1(Nc2cc(C(=O)O)c(F)cc2[N+](=O)[O-])CCCC1. The molecule has 0 amide bonds. The number of rotatable bonds is 4. The summed E-state index contributed by atoms with van der Waals surface area (Å²) >= 11 is 0. The van der Waals surface area contributed by atoms with Crippen LogP contribution in [-0.2, 0) is 0 Å². The molecule has 0 atom stereocenters. The summed E-state index contributed by atoms with van der Waals surface area (Å²) in [5.74, 6) is -2.55. The van der Waals surface area contributed by atoms with Crippen LogP contribution in [0.5, 0.6) is 0 Å². The topological polar surface area (TPSA) is 92.5 Å². The quantitative estimate of drug-likeness (QED) is 0.653. The Morgan fingerprint density at radius 3 is 2.55 bits per heavy atom. The van der Waals surface area contributed by atoms with E-state index in [0.29, 0.717) is 6.07 Å². The number of hydrogen-bond acceptors (Lipinski definition) is 4. The molecular formula is C13H15FN2O4. The Kier molecular flexibility index (Phi) is 3.61. The number of nitro benzene ring substituents is 1. The molecular weight excluding hydrogens is 267 g/mol. The van der Waals surface area contributed by atoms with Gasteiger partial charge in [0.2, 0.25) is 0 Å². The molecule has 0 bridgehead atoms. The maximum Gasteiger partial charge on any atom is 0.338 e. The Balaban J connectivity index is 2.45. The first-order valence-electron chi connectivity index (χ1n) is 6.32. The summed E-state index contributed by atoms with van der Waals surface area (Å²) in [7, 11) is 0. The number of halogens is 1. The fourth-order valence-corrected chi connectivity index (χ4v) is 2.58. The van der Waals surface area contributed by atoms with Gasteiger partial charge < -0.3 is 10.4 Å². The normalized spacial score (nSPS) is 16.9. The Labute approximate surface area is 114 Å². The third kappa shape index (κ3) is 2.71. The van der Waals surface area contributed by atoms with Crippen molar-refractivity contribution < 1.29 is 19.2 Å². The van der Waals surface area contributed by atoms with Crippen molar-refractivity contribution in [2.24, 2.45) is 0 Å². The molecule has 0 spiro atoms. The summed E-state index contributed by atoms with van der Waals surface area (Å²) in [6.45, 7) is 1.92. The number of carbonyl (C=O) groups is 1. The molecule has 0 aliphatic heterocycles. The Bertz CT molecular complexity index is 568. The molecule has 20 heavy (non-hydrogen) atoms. The third-order valence-electron chi connectivity index (χ3n) is 3.66. The summed E-state index contributed by atoms with van der Waals surface area (Å²) in [6.07, 6.45) is 3.68. The number of hydrogen-bond donors (Lipinski definition) is 2. The molecule has 0 unspecified atom stereocenters. The van der Waals surface area contributed by atoms with E-state index < -0.39 is 28.0 Å². The average Bonchev–Trinajstić information content (AvgIpc) is 2.77. The molecule has 2 N–H and O–H groups in total. The molecule has 0 heterocycles. The van der Waals surface area contributed by atoms with Crippen molar-refractivity contribution in [2.45, 2.75) is 38.1 Å². The van der Waals surface area contributed by atoms with Crippen LogP contribution in [0.1, 0.15) is 43.0 Å². The van der Waals surface area contributed by atoms with E-state index in [1.54, 1.807) is 0 Å². The van der Waals surface area contributed by atoms with Crippen molar-refractivity contribution in [3.8, 4) is 0 Å². The van der Waals surface area contributed by atoms with Crippen LogP contribution >= 0.6 is 0 Å². The summed E-state index contributed by atoms with van der Waals surface area (Å²) in [6, 6.07) is 1.66. The van der Waals surface area contributed by atoms with Gasteiger partial charge in [-0.2, -0.15) is 0 Å². The Morgan fingerprint density at radius 2 is 2.05 bits per heavy atom. The number of carboxylic acids is 1. The van der Waals surface area contributed by atoms with Crippen LogP contribution in [0.15, 0.2) is 12.1 Å². The Hall–Kier alpha value is -2.18.